The lowest BCUT2D eigenvalue weighted by Gasteiger charge is -2.29. The summed E-state index contributed by atoms with van der Waals surface area (Å²) in [5.41, 5.74) is 0.844. The summed E-state index contributed by atoms with van der Waals surface area (Å²) < 4.78 is 10.7. The van der Waals surface area contributed by atoms with Gasteiger partial charge in [0.2, 0.25) is 0 Å². The molecule has 28 heavy (non-hydrogen) atoms. The maximum atomic E-state index is 6.23. The van der Waals surface area contributed by atoms with E-state index in [4.69, 9.17) is 33.0 Å². The highest BCUT2D eigenvalue weighted by molar-refractivity contribution is 7.80. The van der Waals surface area contributed by atoms with Gasteiger partial charge in [-0.1, -0.05) is 18.0 Å². The molecule has 0 radical (unpaired) electrons. The molecular formula is C21H28ClN3O2S. The molecule has 5 nitrogen and oxygen atoms in total. The molecule has 1 aliphatic heterocycles. The van der Waals surface area contributed by atoms with Crippen LogP contribution in [0.3, 0.4) is 0 Å². The second kappa shape index (κ2) is 10.7. The summed E-state index contributed by atoms with van der Waals surface area (Å²) in [4.78, 5) is 4.70. The molecule has 0 saturated carbocycles. The van der Waals surface area contributed by atoms with E-state index in [9.17, 15) is 0 Å². The van der Waals surface area contributed by atoms with Crippen molar-refractivity contribution < 1.29 is 9.15 Å². The number of hydrogen-bond acceptors (Lipinski definition) is 4. The van der Waals surface area contributed by atoms with E-state index < -0.39 is 0 Å². The predicted octanol–water partition coefficient (Wildman–Crippen LogP) is 5.02. The Morgan fingerprint density at radius 2 is 2.11 bits per heavy atom. The number of halogens is 1. The molecule has 1 saturated heterocycles. The number of likely N-dealkylation sites (tertiary alicyclic amines) is 1. The molecule has 7 heteroatoms. The van der Waals surface area contributed by atoms with E-state index >= 15 is 0 Å². The summed E-state index contributed by atoms with van der Waals surface area (Å²) in [6.45, 7) is 5.04. The average Bonchev–Trinajstić information content (AvgIpc) is 3.21. The second-order valence-electron chi connectivity index (χ2n) is 7.04. The first kappa shape index (κ1) is 21.0. The molecule has 0 unspecified atom stereocenters. The van der Waals surface area contributed by atoms with Gasteiger partial charge >= 0.3 is 0 Å². The van der Waals surface area contributed by atoms with E-state index in [2.05, 4.69) is 15.1 Å². The van der Waals surface area contributed by atoms with Gasteiger partial charge in [-0.2, -0.15) is 0 Å². The van der Waals surface area contributed by atoms with Crippen LogP contribution in [0.15, 0.2) is 41.0 Å². The standard InChI is InChI=1S/C21H28ClN3O2S/c1-26-20-9-8-17(15-19(20)22)23-21(28)25(16-18-7-5-14-27-18)13-6-12-24-10-3-2-4-11-24/h5,7-9,14-15H,2-4,6,10-13,16H2,1H3,(H,23,28). The lowest BCUT2D eigenvalue weighted by molar-refractivity contribution is 0.217. The van der Waals surface area contributed by atoms with Crippen molar-refractivity contribution in [1.82, 2.24) is 9.80 Å². The van der Waals surface area contributed by atoms with Gasteiger partial charge in [0.15, 0.2) is 5.11 Å². The molecule has 1 aromatic carbocycles. The van der Waals surface area contributed by atoms with Crippen molar-refractivity contribution in [1.29, 1.82) is 0 Å². The van der Waals surface area contributed by atoms with Crippen LogP contribution in [-0.2, 0) is 6.54 Å². The van der Waals surface area contributed by atoms with E-state index in [0.29, 0.717) is 22.4 Å². The molecule has 0 amide bonds. The lowest BCUT2D eigenvalue weighted by atomic mass is 10.1. The summed E-state index contributed by atoms with van der Waals surface area (Å²) in [5.74, 6) is 1.54. The molecule has 0 aliphatic carbocycles. The highest BCUT2D eigenvalue weighted by Crippen LogP contribution is 2.27. The summed E-state index contributed by atoms with van der Waals surface area (Å²) in [6.07, 6.45) is 6.75. The van der Waals surface area contributed by atoms with Crippen LogP contribution in [-0.4, -0.2) is 48.2 Å². The summed E-state index contributed by atoms with van der Waals surface area (Å²) in [7, 11) is 1.60. The molecule has 0 bridgehead atoms. The number of ether oxygens (including phenoxy) is 1. The topological polar surface area (TPSA) is 40.9 Å². The Bertz CT molecular complexity index is 748. The largest absolute Gasteiger partial charge is 0.495 e. The van der Waals surface area contributed by atoms with Crippen LogP contribution in [0, 0.1) is 0 Å². The minimum atomic E-state index is 0.554. The van der Waals surface area contributed by atoms with Gasteiger partial charge in [0.1, 0.15) is 11.5 Å². The molecule has 1 N–H and O–H groups in total. The van der Waals surface area contributed by atoms with E-state index in [-0.39, 0.29) is 0 Å². The van der Waals surface area contributed by atoms with Crippen molar-refractivity contribution in [2.24, 2.45) is 0 Å². The molecule has 2 aromatic rings. The number of thiocarbonyl (C=S) groups is 1. The van der Waals surface area contributed by atoms with E-state index in [1.54, 1.807) is 13.4 Å². The molecule has 1 aliphatic rings. The quantitative estimate of drug-likeness (QED) is 0.604. The van der Waals surface area contributed by atoms with E-state index in [1.807, 2.05) is 30.3 Å². The van der Waals surface area contributed by atoms with Crippen LogP contribution in [0.1, 0.15) is 31.4 Å². The van der Waals surface area contributed by atoms with E-state index in [1.165, 1.54) is 32.4 Å². The first-order valence-electron chi connectivity index (χ1n) is 9.80. The van der Waals surface area contributed by atoms with Crippen LogP contribution in [0.4, 0.5) is 5.69 Å². The normalized spacial score (nSPS) is 14.6. The minimum Gasteiger partial charge on any atom is -0.495 e. The highest BCUT2D eigenvalue weighted by atomic mass is 35.5. The van der Waals surface area contributed by atoms with Crippen molar-refractivity contribution in [3.05, 3.63) is 47.4 Å². The fourth-order valence-corrected chi connectivity index (χ4v) is 3.99. The number of nitrogens with zero attached hydrogens (tertiary/aromatic N) is 2. The third kappa shape index (κ3) is 6.12. The zero-order valence-electron chi connectivity index (χ0n) is 16.3. The van der Waals surface area contributed by atoms with Crippen LogP contribution < -0.4 is 10.1 Å². The Morgan fingerprint density at radius 1 is 1.29 bits per heavy atom. The van der Waals surface area contributed by atoms with Gasteiger partial charge in [0.05, 0.1) is 24.9 Å². The van der Waals surface area contributed by atoms with Crippen molar-refractivity contribution in [3.8, 4) is 5.75 Å². The fourth-order valence-electron chi connectivity index (χ4n) is 3.46. The van der Waals surface area contributed by atoms with Crippen molar-refractivity contribution in [3.63, 3.8) is 0 Å². The Morgan fingerprint density at radius 3 is 2.79 bits per heavy atom. The zero-order chi connectivity index (χ0) is 19.8. The number of hydrogen-bond donors (Lipinski definition) is 1. The van der Waals surface area contributed by atoms with Crippen LogP contribution >= 0.6 is 23.8 Å². The maximum Gasteiger partial charge on any atom is 0.173 e. The smallest absolute Gasteiger partial charge is 0.173 e. The number of rotatable bonds is 8. The number of nitrogens with one attached hydrogen (secondary N) is 1. The number of benzene rings is 1. The predicted molar refractivity (Wildman–Crippen MR) is 118 cm³/mol. The molecule has 0 atom stereocenters. The molecule has 152 valence electrons. The maximum absolute atomic E-state index is 6.23. The highest BCUT2D eigenvalue weighted by Gasteiger charge is 2.15. The van der Waals surface area contributed by atoms with Gasteiger partial charge in [-0.05, 0) is 81.4 Å². The average molecular weight is 422 g/mol. The molecule has 1 fully saturated rings. The molecule has 2 heterocycles. The number of piperidine rings is 1. The van der Waals surface area contributed by atoms with Gasteiger partial charge in [0.25, 0.3) is 0 Å². The van der Waals surface area contributed by atoms with E-state index in [0.717, 1.165) is 31.0 Å². The number of furan rings is 1. The van der Waals surface area contributed by atoms with Crippen molar-refractivity contribution in [2.45, 2.75) is 32.2 Å². The van der Waals surface area contributed by atoms with Crippen LogP contribution in [0.2, 0.25) is 5.02 Å². The molecule has 3 rings (SSSR count). The molecule has 0 spiro atoms. The lowest BCUT2D eigenvalue weighted by Crippen LogP contribution is -2.37. The Labute approximate surface area is 177 Å². The summed E-state index contributed by atoms with van der Waals surface area (Å²) in [6, 6.07) is 9.45. The van der Waals surface area contributed by atoms with Gasteiger partial charge < -0.3 is 24.3 Å². The minimum absolute atomic E-state index is 0.554. The monoisotopic (exact) mass is 421 g/mol. The first-order valence-corrected chi connectivity index (χ1v) is 10.6. The Hall–Kier alpha value is -1.76. The van der Waals surface area contributed by atoms with Gasteiger partial charge in [-0.3, -0.25) is 0 Å². The fraction of sp³-hybridized carbons (Fsp3) is 0.476. The second-order valence-corrected chi connectivity index (χ2v) is 7.83. The summed E-state index contributed by atoms with van der Waals surface area (Å²) in [5, 5.41) is 4.51. The van der Waals surface area contributed by atoms with Gasteiger partial charge in [-0.25, -0.2) is 0 Å². The van der Waals surface area contributed by atoms with Gasteiger partial charge in [0, 0.05) is 12.2 Å². The van der Waals surface area contributed by atoms with Crippen molar-refractivity contribution in [2.75, 3.05) is 38.6 Å². The van der Waals surface area contributed by atoms with Crippen molar-refractivity contribution >= 4 is 34.6 Å². The first-order chi connectivity index (χ1) is 13.7. The Balaban J connectivity index is 1.59. The number of anilines is 1. The summed E-state index contributed by atoms with van der Waals surface area (Å²) >= 11 is 11.9. The molecular weight excluding hydrogens is 394 g/mol. The zero-order valence-corrected chi connectivity index (χ0v) is 17.9. The van der Waals surface area contributed by atoms with Crippen LogP contribution in [0.5, 0.6) is 5.75 Å². The Kier molecular flexibility index (Phi) is 8.01. The van der Waals surface area contributed by atoms with Gasteiger partial charge in [-0.15, -0.1) is 0 Å². The van der Waals surface area contributed by atoms with Crippen LogP contribution in [0.25, 0.3) is 0 Å². The third-order valence-electron chi connectivity index (χ3n) is 4.97. The third-order valence-corrected chi connectivity index (χ3v) is 5.62. The molecule has 1 aromatic heterocycles. The SMILES string of the molecule is COc1ccc(NC(=S)N(CCCN2CCCCC2)Cc2ccco2)cc1Cl. The number of methoxy groups -OCH3 is 1.